The Balaban J connectivity index is 2.54. The third-order valence-corrected chi connectivity index (χ3v) is 2.87. The van der Waals surface area contributed by atoms with Crippen LogP contribution in [-0.2, 0) is 4.74 Å². The van der Waals surface area contributed by atoms with E-state index in [1.165, 1.54) is 0 Å². The van der Waals surface area contributed by atoms with Crippen molar-refractivity contribution in [2.75, 3.05) is 6.61 Å². The maximum atomic E-state index is 12.0. The van der Waals surface area contributed by atoms with Crippen molar-refractivity contribution in [3.8, 4) is 0 Å². The molecule has 19 heavy (non-hydrogen) atoms. The van der Waals surface area contributed by atoms with Crippen molar-refractivity contribution in [1.82, 2.24) is 4.90 Å². The molecule has 1 amide bonds. The van der Waals surface area contributed by atoms with Gasteiger partial charge in [-0.05, 0) is 33.3 Å². The molecule has 0 aliphatic heterocycles. The topological polar surface area (TPSA) is 49.8 Å². The molecule has 1 atom stereocenters. The average molecular weight is 265 g/mol. The molecular weight excluding hydrogens is 242 g/mol. The van der Waals surface area contributed by atoms with Crippen molar-refractivity contribution in [2.24, 2.45) is 0 Å². The van der Waals surface area contributed by atoms with Crippen molar-refractivity contribution in [2.45, 2.75) is 45.9 Å². The van der Waals surface area contributed by atoms with Crippen LogP contribution >= 0.6 is 0 Å². The monoisotopic (exact) mass is 265 g/mol. The van der Waals surface area contributed by atoms with E-state index in [4.69, 9.17) is 4.74 Å². The molecule has 0 aliphatic carbocycles. The van der Waals surface area contributed by atoms with Crippen LogP contribution < -0.4 is 0 Å². The Morgan fingerprint density at radius 1 is 1.16 bits per heavy atom. The van der Waals surface area contributed by atoms with E-state index < -0.39 is 6.10 Å². The highest BCUT2D eigenvalue weighted by atomic mass is 16.6. The number of nitrogens with zero attached hydrogens (tertiary/aromatic N) is 1. The number of hydrogen-bond donors (Lipinski definition) is 1. The van der Waals surface area contributed by atoms with Crippen LogP contribution in [0.2, 0.25) is 0 Å². The predicted octanol–water partition coefficient (Wildman–Crippen LogP) is 2.98. The Bertz CT molecular complexity index is 382. The number of rotatable bonds is 5. The maximum Gasteiger partial charge on any atom is 0.410 e. The first-order chi connectivity index (χ1) is 8.93. The fraction of sp³-hybridized carbons (Fsp3) is 0.533. The molecule has 4 heteroatoms. The summed E-state index contributed by atoms with van der Waals surface area (Å²) in [6.07, 6.45) is -1.17. The second-order valence-electron chi connectivity index (χ2n) is 5.10. The molecule has 1 N–H and O–H groups in total. The molecule has 0 radical (unpaired) electrons. The second kappa shape index (κ2) is 7.14. The van der Waals surface area contributed by atoms with Crippen molar-refractivity contribution in [1.29, 1.82) is 0 Å². The lowest BCUT2D eigenvalue weighted by Crippen LogP contribution is -2.42. The Labute approximate surface area is 115 Å². The van der Waals surface area contributed by atoms with Gasteiger partial charge in [0, 0.05) is 12.1 Å². The number of aliphatic hydroxyl groups excluding tert-OH is 1. The van der Waals surface area contributed by atoms with Gasteiger partial charge < -0.3 is 14.7 Å². The summed E-state index contributed by atoms with van der Waals surface area (Å²) >= 11 is 0. The summed E-state index contributed by atoms with van der Waals surface area (Å²) in [5.74, 6) is 0. The van der Waals surface area contributed by atoms with Crippen LogP contribution in [0.15, 0.2) is 30.3 Å². The first-order valence-corrected chi connectivity index (χ1v) is 6.61. The minimum atomic E-state index is -0.786. The van der Waals surface area contributed by atoms with E-state index in [2.05, 4.69) is 0 Å². The number of ether oxygens (including phenoxy) is 1. The summed E-state index contributed by atoms with van der Waals surface area (Å²) in [7, 11) is 0. The van der Waals surface area contributed by atoms with Crippen LogP contribution in [-0.4, -0.2) is 34.8 Å². The van der Waals surface area contributed by atoms with Crippen molar-refractivity contribution < 1.29 is 14.6 Å². The van der Waals surface area contributed by atoms with Crippen LogP contribution in [0, 0.1) is 0 Å². The highest BCUT2D eigenvalue weighted by molar-refractivity contribution is 5.68. The van der Waals surface area contributed by atoms with Crippen molar-refractivity contribution in [3.63, 3.8) is 0 Å². The van der Waals surface area contributed by atoms with Gasteiger partial charge in [-0.1, -0.05) is 30.3 Å². The van der Waals surface area contributed by atoms with Crippen LogP contribution in [0.25, 0.3) is 0 Å². The van der Waals surface area contributed by atoms with Gasteiger partial charge in [0.15, 0.2) is 0 Å². The fourth-order valence-corrected chi connectivity index (χ4v) is 2.01. The molecule has 0 bridgehead atoms. The Kier molecular flexibility index (Phi) is 5.83. The average Bonchev–Trinajstić information content (AvgIpc) is 2.36. The van der Waals surface area contributed by atoms with Gasteiger partial charge in [0.1, 0.15) is 12.7 Å². The SMILES string of the molecule is CC(C)N(C(=O)OC[C@@H](O)c1ccccc1)C(C)C. The molecule has 4 nitrogen and oxygen atoms in total. The molecule has 0 saturated heterocycles. The first kappa shape index (κ1) is 15.5. The summed E-state index contributed by atoms with van der Waals surface area (Å²) < 4.78 is 5.18. The largest absolute Gasteiger partial charge is 0.446 e. The van der Waals surface area contributed by atoms with E-state index in [0.29, 0.717) is 0 Å². The standard InChI is InChI=1S/C15H23NO3/c1-11(2)16(12(3)4)15(18)19-10-14(17)13-8-6-5-7-9-13/h5-9,11-12,14,17H,10H2,1-4H3/t14-/m1/s1. The van der Waals surface area contributed by atoms with E-state index in [1.807, 2.05) is 45.9 Å². The highest BCUT2D eigenvalue weighted by Gasteiger charge is 2.22. The van der Waals surface area contributed by atoms with Crippen LogP contribution in [0.1, 0.15) is 39.4 Å². The van der Waals surface area contributed by atoms with Gasteiger partial charge >= 0.3 is 6.09 Å². The minimum Gasteiger partial charge on any atom is -0.446 e. The zero-order valence-corrected chi connectivity index (χ0v) is 12.0. The molecule has 1 rings (SSSR count). The smallest absolute Gasteiger partial charge is 0.410 e. The van der Waals surface area contributed by atoms with Gasteiger partial charge in [-0.2, -0.15) is 0 Å². The van der Waals surface area contributed by atoms with Gasteiger partial charge in [-0.15, -0.1) is 0 Å². The summed E-state index contributed by atoms with van der Waals surface area (Å²) in [6, 6.07) is 9.32. The zero-order chi connectivity index (χ0) is 14.4. The van der Waals surface area contributed by atoms with E-state index in [0.717, 1.165) is 5.56 Å². The van der Waals surface area contributed by atoms with Gasteiger partial charge in [0.25, 0.3) is 0 Å². The lowest BCUT2D eigenvalue weighted by Gasteiger charge is -2.30. The van der Waals surface area contributed by atoms with Gasteiger partial charge in [0.05, 0.1) is 0 Å². The molecule has 106 valence electrons. The Hall–Kier alpha value is -1.55. The van der Waals surface area contributed by atoms with Gasteiger partial charge in [-0.3, -0.25) is 0 Å². The number of amides is 1. The first-order valence-electron chi connectivity index (χ1n) is 6.61. The number of carbonyl (C=O) groups excluding carboxylic acids is 1. The van der Waals surface area contributed by atoms with E-state index in [9.17, 15) is 9.90 Å². The van der Waals surface area contributed by atoms with Crippen LogP contribution in [0.5, 0.6) is 0 Å². The predicted molar refractivity (Wildman–Crippen MR) is 74.9 cm³/mol. The third kappa shape index (κ3) is 4.56. The lowest BCUT2D eigenvalue weighted by atomic mass is 10.1. The molecule has 1 aromatic rings. The fourth-order valence-electron chi connectivity index (χ4n) is 2.01. The lowest BCUT2D eigenvalue weighted by molar-refractivity contribution is 0.0354. The van der Waals surface area contributed by atoms with E-state index in [1.54, 1.807) is 17.0 Å². The van der Waals surface area contributed by atoms with Crippen molar-refractivity contribution in [3.05, 3.63) is 35.9 Å². The number of aliphatic hydroxyl groups is 1. The molecule has 0 fully saturated rings. The molecule has 0 aromatic heterocycles. The minimum absolute atomic E-state index is 0.0290. The zero-order valence-electron chi connectivity index (χ0n) is 12.0. The summed E-state index contributed by atoms with van der Waals surface area (Å²) in [6.45, 7) is 7.73. The van der Waals surface area contributed by atoms with Crippen LogP contribution in [0.3, 0.4) is 0 Å². The summed E-state index contributed by atoms with van der Waals surface area (Å²) in [4.78, 5) is 13.6. The quantitative estimate of drug-likeness (QED) is 0.890. The number of carbonyl (C=O) groups is 1. The number of hydrogen-bond acceptors (Lipinski definition) is 3. The molecule has 0 aliphatic rings. The van der Waals surface area contributed by atoms with Crippen molar-refractivity contribution >= 4 is 6.09 Å². The van der Waals surface area contributed by atoms with E-state index in [-0.39, 0.29) is 24.8 Å². The summed E-state index contributed by atoms with van der Waals surface area (Å²) in [5, 5.41) is 9.93. The normalized spacial score (nSPS) is 12.6. The molecule has 0 saturated carbocycles. The Morgan fingerprint density at radius 3 is 2.16 bits per heavy atom. The highest BCUT2D eigenvalue weighted by Crippen LogP contribution is 2.14. The maximum absolute atomic E-state index is 12.0. The molecule has 0 heterocycles. The molecule has 0 unspecified atom stereocenters. The number of benzene rings is 1. The third-order valence-electron chi connectivity index (χ3n) is 2.87. The summed E-state index contributed by atoms with van der Waals surface area (Å²) in [5.41, 5.74) is 0.746. The second-order valence-corrected chi connectivity index (χ2v) is 5.10. The van der Waals surface area contributed by atoms with Crippen LogP contribution in [0.4, 0.5) is 4.79 Å². The van der Waals surface area contributed by atoms with E-state index >= 15 is 0 Å². The molecular formula is C15H23NO3. The molecule has 0 spiro atoms. The van der Waals surface area contributed by atoms with Gasteiger partial charge in [-0.25, -0.2) is 4.79 Å². The van der Waals surface area contributed by atoms with Gasteiger partial charge in [0.2, 0.25) is 0 Å². The molecule has 1 aromatic carbocycles. The Morgan fingerprint density at radius 2 is 1.68 bits per heavy atom.